The summed E-state index contributed by atoms with van der Waals surface area (Å²) in [5.74, 6) is -0.522. The summed E-state index contributed by atoms with van der Waals surface area (Å²) >= 11 is 0. The van der Waals surface area contributed by atoms with Gasteiger partial charge in [-0.3, -0.25) is 9.52 Å². The van der Waals surface area contributed by atoms with Crippen molar-refractivity contribution in [3.05, 3.63) is 59.7 Å². The molecule has 0 aliphatic heterocycles. The molecule has 2 aromatic carbocycles. The van der Waals surface area contributed by atoms with Crippen LogP contribution in [0.5, 0.6) is 0 Å². The van der Waals surface area contributed by atoms with Crippen LogP contribution in [0.25, 0.3) is 0 Å². The van der Waals surface area contributed by atoms with Gasteiger partial charge in [0.1, 0.15) is 0 Å². The van der Waals surface area contributed by atoms with Gasteiger partial charge >= 0.3 is 5.97 Å². The molecule has 3 rings (SSSR count). The SMILES string of the molecule is Cc1ccc(NS(=O)(=O)c2ccc(C(=O)OCC(=O)N[C@H](C)C3CC3)cc2)cc1. The number of esters is 1. The van der Waals surface area contributed by atoms with Crippen LogP contribution in [0.1, 0.15) is 35.7 Å². The highest BCUT2D eigenvalue weighted by Gasteiger charge is 2.29. The molecule has 1 aliphatic rings. The Morgan fingerprint density at radius 3 is 2.28 bits per heavy atom. The van der Waals surface area contributed by atoms with E-state index < -0.39 is 16.0 Å². The maximum absolute atomic E-state index is 12.5. The Morgan fingerprint density at radius 1 is 1.07 bits per heavy atom. The van der Waals surface area contributed by atoms with Crippen molar-refractivity contribution in [2.24, 2.45) is 5.92 Å². The molecule has 7 nitrogen and oxygen atoms in total. The minimum atomic E-state index is -3.78. The lowest BCUT2D eigenvalue weighted by molar-refractivity contribution is -0.124. The molecule has 1 atom stereocenters. The minimum absolute atomic E-state index is 0.0191. The van der Waals surface area contributed by atoms with Gasteiger partial charge in [-0.1, -0.05) is 17.7 Å². The fraction of sp³-hybridized carbons (Fsp3) is 0.333. The minimum Gasteiger partial charge on any atom is -0.452 e. The molecular formula is C21H24N2O5S. The van der Waals surface area contributed by atoms with Crippen LogP contribution in [0.15, 0.2) is 53.4 Å². The molecule has 1 fully saturated rings. The predicted octanol–water partition coefficient (Wildman–Crippen LogP) is 2.87. The third-order valence-corrected chi connectivity index (χ3v) is 6.15. The molecule has 1 saturated carbocycles. The lowest BCUT2D eigenvalue weighted by Gasteiger charge is -2.13. The first-order valence-electron chi connectivity index (χ1n) is 9.40. The Bertz CT molecular complexity index is 981. The van der Waals surface area contributed by atoms with Gasteiger partial charge in [-0.05, 0) is 69.0 Å². The Morgan fingerprint density at radius 2 is 1.69 bits per heavy atom. The van der Waals surface area contributed by atoms with E-state index in [2.05, 4.69) is 10.0 Å². The number of carbonyl (C=O) groups is 2. The van der Waals surface area contributed by atoms with Crippen molar-refractivity contribution in [2.45, 2.75) is 37.6 Å². The van der Waals surface area contributed by atoms with Gasteiger partial charge in [0.15, 0.2) is 6.61 Å². The lowest BCUT2D eigenvalue weighted by Crippen LogP contribution is -2.37. The Kier molecular flexibility index (Phi) is 6.22. The zero-order chi connectivity index (χ0) is 21.0. The van der Waals surface area contributed by atoms with E-state index in [1.807, 2.05) is 13.8 Å². The summed E-state index contributed by atoms with van der Waals surface area (Å²) in [5, 5.41) is 2.80. The number of anilines is 1. The summed E-state index contributed by atoms with van der Waals surface area (Å²) in [5.41, 5.74) is 1.64. The number of nitrogens with one attached hydrogen (secondary N) is 2. The van der Waals surface area contributed by atoms with E-state index in [0.717, 1.165) is 18.4 Å². The second-order valence-corrected chi connectivity index (χ2v) is 8.95. The van der Waals surface area contributed by atoms with Crippen LogP contribution in [0.2, 0.25) is 0 Å². The maximum Gasteiger partial charge on any atom is 0.338 e. The third kappa shape index (κ3) is 5.80. The van der Waals surface area contributed by atoms with Crippen LogP contribution in [-0.2, 0) is 19.6 Å². The number of sulfonamides is 1. The Hall–Kier alpha value is -2.87. The molecule has 29 heavy (non-hydrogen) atoms. The first kappa shape index (κ1) is 20.9. The van der Waals surface area contributed by atoms with E-state index in [0.29, 0.717) is 11.6 Å². The second-order valence-electron chi connectivity index (χ2n) is 7.27. The highest BCUT2D eigenvalue weighted by atomic mass is 32.2. The van der Waals surface area contributed by atoms with Gasteiger partial charge in [-0.25, -0.2) is 13.2 Å². The quantitative estimate of drug-likeness (QED) is 0.645. The number of ether oxygens (including phenoxy) is 1. The van der Waals surface area contributed by atoms with Gasteiger partial charge in [0.2, 0.25) is 0 Å². The van der Waals surface area contributed by atoms with Crippen LogP contribution in [0, 0.1) is 12.8 Å². The normalized spacial score (nSPS) is 14.7. The number of hydrogen-bond acceptors (Lipinski definition) is 5. The van der Waals surface area contributed by atoms with Crippen molar-refractivity contribution in [3.63, 3.8) is 0 Å². The standard InChI is InChI=1S/C21H24N2O5S/c1-14-3-9-18(10-4-14)23-29(26,27)19-11-7-17(8-12-19)21(25)28-13-20(24)22-15(2)16-5-6-16/h3-4,7-12,15-16,23H,5-6,13H2,1-2H3,(H,22,24)/t15-/m1/s1. The molecule has 2 aromatic rings. The monoisotopic (exact) mass is 416 g/mol. The molecule has 154 valence electrons. The lowest BCUT2D eigenvalue weighted by atomic mass is 10.2. The predicted molar refractivity (Wildman–Crippen MR) is 109 cm³/mol. The third-order valence-electron chi connectivity index (χ3n) is 4.76. The molecule has 0 bridgehead atoms. The summed E-state index contributed by atoms with van der Waals surface area (Å²) in [6.45, 7) is 3.47. The molecule has 1 amide bonds. The van der Waals surface area contributed by atoms with E-state index in [-0.39, 0.29) is 29.0 Å². The van der Waals surface area contributed by atoms with Crippen molar-refractivity contribution in [2.75, 3.05) is 11.3 Å². The number of rotatable bonds is 8. The molecule has 0 heterocycles. The highest BCUT2D eigenvalue weighted by molar-refractivity contribution is 7.92. The van der Waals surface area contributed by atoms with Gasteiger partial charge in [0.05, 0.1) is 10.5 Å². The van der Waals surface area contributed by atoms with Crippen LogP contribution in [-0.4, -0.2) is 32.9 Å². The zero-order valence-electron chi connectivity index (χ0n) is 16.3. The molecular weight excluding hydrogens is 392 g/mol. The van der Waals surface area contributed by atoms with Crippen LogP contribution < -0.4 is 10.0 Å². The van der Waals surface area contributed by atoms with Crippen LogP contribution in [0.4, 0.5) is 5.69 Å². The first-order chi connectivity index (χ1) is 13.7. The molecule has 0 radical (unpaired) electrons. The Balaban J connectivity index is 1.56. The van der Waals surface area contributed by atoms with E-state index in [9.17, 15) is 18.0 Å². The van der Waals surface area contributed by atoms with Gasteiger partial charge in [-0.15, -0.1) is 0 Å². The van der Waals surface area contributed by atoms with Gasteiger partial charge in [-0.2, -0.15) is 0 Å². The van der Waals surface area contributed by atoms with Crippen molar-refractivity contribution >= 4 is 27.6 Å². The number of carbonyl (C=O) groups excluding carboxylic acids is 2. The number of amides is 1. The van der Waals surface area contributed by atoms with Crippen molar-refractivity contribution in [3.8, 4) is 0 Å². The summed E-state index contributed by atoms with van der Waals surface area (Å²) in [7, 11) is -3.78. The highest BCUT2D eigenvalue weighted by Crippen LogP contribution is 2.32. The second kappa shape index (κ2) is 8.65. The van der Waals surface area contributed by atoms with E-state index in [1.54, 1.807) is 24.3 Å². The average Bonchev–Trinajstić information content (AvgIpc) is 3.53. The molecule has 0 saturated heterocycles. The van der Waals surface area contributed by atoms with E-state index in [1.165, 1.54) is 24.3 Å². The van der Waals surface area contributed by atoms with Gasteiger partial charge in [0, 0.05) is 11.7 Å². The Labute approximate surface area is 170 Å². The van der Waals surface area contributed by atoms with Crippen LogP contribution >= 0.6 is 0 Å². The molecule has 0 unspecified atom stereocenters. The number of aryl methyl sites for hydroxylation is 1. The molecule has 0 aromatic heterocycles. The van der Waals surface area contributed by atoms with E-state index in [4.69, 9.17) is 4.74 Å². The summed E-state index contributed by atoms with van der Waals surface area (Å²) in [6.07, 6.45) is 2.21. The molecule has 0 spiro atoms. The fourth-order valence-corrected chi connectivity index (χ4v) is 3.89. The largest absolute Gasteiger partial charge is 0.452 e. The van der Waals surface area contributed by atoms with Gasteiger partial charge in [0.25, 0.3) is 15.9 Å². The van der Waals surface area contributed by atoms with Crippen molar-refractivity contribution in [1.29, 1.82) is 0 Å². The van der Waals surface area contributed by atoms with Crippen molar-refractivity contribution in [1.82, 2.24) is 5.32 Å². The summed E-state index contributed by atoms with van der Waals surface area (Å²) in [4.78, 5) is 23.9. The topological polar surface area (TPSA) is 102 Å². The number of hydrogen-bond donors (Lipinski definition) is 2. The molecule has 1 aliphatic carbocycles. The fourth-order valence-electron chi connectivity index (χ4n) is 2.83. The zero-order valence-corrected chi connectivity index (χ0v) is 17.2. The van der Waals surface area contributed by atoms with Crippen molar-refractivity contribution < 1.29 is 22.7 Å². The summed E-state index contributed by atoms with van der Waals surface area (Å²) in [6, 6.07) is 12.4. The summed E-state index contributed by atoms with van der Waals surface area (Å²) < 4.78 is 32.4. The molecule has 2 N–H and O–H groups in total. The first-order valence-corrected chi connectivity index (χ1v) is 10.9. The maximum atomic E-state index is 12.5. The smallest absolute Gasteiger partial charge is 0.338 e. The van der Waals surface area contributed by atoms with Crippen LogP contribution in [0.3, 0.4) is 0 Å². The molecule has 8 heteroatoms. The average molecular weight is 416 g/mol. The number of benzene rings is 2. The van der Waals surface area contributed by atoms with E-state index >= 15 is 0 Å². The van der Waals surface area contributed by atoms with Gasteiger partial charge < -0.3 is 10.1 Å².